The lowest BCUT2D eigenvalue weighted by Crippen LogP contribution is -2.15. The third-order valence-electron chi connectivity index (χ3n) is 3.80. The van der Waals surface area contributed by atoms with Gasteiger partial charge in [-0.15, -0.1) is 11.8 Å². The van der Waals surface area contributed by atoms with Crippen LogP contribution in [0.25, 0.3) is 0 Å². The lowest BCUT2D eigenvalue weighted by atomic mass is 10.1. The molecule has 1 amide bonds. The summed E-state index contributed by atoms with van der Waals surface area (Å²) in [5.41, 5.74) is 2.01. The van der Waals surface area contributed by atoms with Gasteiger partial charge in [-0.1, -0.05) is 12.1 Å². The summed E-state index contributed by atoms with van der Waals surface area (Å²) in [6, 6.07) is 9.77. The summed E-state index contributed by atoms with van der Waals surface area (Å²) in [7, 11) is 1.82. The van der Waals surface area contributed by atoms with Crippen molar-refractivity contribution in [2.45, 2.75) is 5.25 Å². The highest BCUT2D eigenvalue weighted by atomic mass is 32.2. The van der Waals surface area contributed by atoms with Crippen LogP contribution in [0.4, 0.5) is 5.82 Å². The Bertz CT molecular complexity index is 912. The maximum absolute atomic E-state index is 12.0. The summed E-state index contributed by atoms with van der Waals surface area (Å²) in [5.74, 6) is 1.74. The van der Waals surface area contributed by atoms with E-state index in [4.69, 9.17) is 4.74 Å². The van der Waals surface area contributed by atoms with E-state index in [0.717, 1.165) is 16.9 Å². The molecule has 1 N–H and O–H groups in total. The molecule has 1 atom stereocenters. The number of benzene rings is 1. The highest BCUT2D eigenvalue weighted by Gasteiger charge is 2.27. The number of thioether (sulfide) groups is 1. The zero-order valence-electron chi connectivity index (χ0n) is 13.4. The van der Waals surface area contributed by atoms with Gasteiger partial charge in [0.05, 0.1) is 17.2 Å². The fourth-order valence-corrected chi connectivity index (χ4v) is 3.76. The third-order valence-corrected chi connectivity index (χ3v) is 5.09. The molecular weight excluding hydrogens is 338 g/mol. The molecule has 1 aliphatic heterocycles. The van der Waals surface area contributed by atoms with Crippen LogP contribution in [0.1, 0.15) is 16.4 Å². The minimum Gasteiger partial charge on any atom is -0.424 e. The Morgan fingerprint density at radius 1 is 1.28 bits per heavy atom. The molecule has 2 aromatic heterocycles. The molecule has 0 saturated carbocycles. The molecule has 0 aliphatic carbocycles. The average molecular weight is 353 g/mol. The number of hydrogen-bond donors (Lipinski definition) is 1. The van der Waals surface area contributed by atoms with Crippen molar-refractivity contribution in [3.05, 3.63) is 60.0 Å². The lowest BCUT2D eigenvalue weighted by molar-refractivity contribution is -0.113. The van der Waals surface area contributed by atoms with Crippen molar-refractivity contribution in [3.8, 4) is 11.8 Å². The average Bonchev–Trinajstić information content (AvgIpc) is 2.88. The molecule has 0 spiro atoms. The van der Waals surface area contributed by atoms with Gasteiger partial charge in [-0.3, -0.25) is 9.48 Å². The number of hydrogen-bond acceptors (Lipinski definition) is 6. The first-order valence-electron chi connectivity index (χ1n) is 7.69. The van der Waals surface area contributed by atoms with Crippen molar-refractivity contribution >= 4 is 23.5 Å². The normalized spacial score (nSPS) is 16.7. The molecule has 1 unspecified atom stereocenters. The van der Waals surface area contributed by atoms with Crippen molar-refractivity contribution in [2.24, 2.45) is 7.05 Å². The van der Waals surface area contributed by atoms with Crippen LogP contribution in [-0.4, -0.2) is 31.4 Å². The molecule has 0 bridgehead atoms. The van der Waals surface area contributed by atoms with Gasteiger partial charge in [0, 0.05) is 25.0 Å². The zero-order valence-corrected chi connectivity index (χ0v) is 14.2. The second kappa shape index (κ2) is 6.56. The molecule has 0 radical (unpaired) electrons. The first-order chi connectivity index (χ1) is 12.2. The largest absolute Gasteiger partial charge is 0.424 e. The Balaban J connectivity index is 1.68. The van der Waals surface area contributed by atoms with Gasteiger partial charge in [0.1, 0.15) is 11.6 Å². The fraction of sp³-hybridized carbons (Fsp3) is 0.176. The van der Waals surface area contributed by atoms with Crippen molar-refractivity contribution in [3.63, 3.8) is 0 Å². The third kappa shape index (κ3) is 3.20. The van der Waals surface area contributed by atoms with Crippen LogP contribution in [0.5, 0.6) is 11.8 Å². The minimum absolute atomic E-state index is 0.0112. The highest BCUT2D eigenvalue weighted by Crippen LogP contribution is 2.42. The summed E-state index contributed by atoms with van der Waals surface area (Å²) < 4.78 is 7.41. The van der Waals surface area contributed by atoms with Crippen molar-refractivity contribution in [2.75, 3.05) is 11.1 Å². The van der Waals surface area contributed by atoms with E-state index in [1.165, 1.54) is 0 Å². The Hall–Kier alpha value is -2.87. The number of nitrogens with one attached hydrogen (secondary N) is 1. The Labute approximate surface area is 148 Å². The number of aryl methyl sites for hydroxylation is 1. The van der Waals surface area contributed by atoms with Gasteiger partial charge in [-0.2, -0.15) is 5.10 Å². The zero-order chi connectivity index (χ0) is 17.2. The molecule has 3 heterocycles. The molecule has 0 fully saturated rings. The summed E-state index contributed by atoms with van der Waals surface area (Å²) in [4.78, 5) is 20.1. The van der Waals surface area contributed by atoms with E-state index in [-0.39, 0.29) is 11.2 Å². The predicted octanol–water partition coefficient (Wildman–Crippen LogP) is 2.78. The van der Waals surface area contributed by atoms with Gasteiger partial charge in [-0.05, 0) is 23.8 Å². The van der Waals surface area contributed by atoms with Crippen LogP contribution in [0.3, 0.4) is 0 Å². The maximum Gasteiger partial charge on any atom is 0.321 e. The molecular formula is C17H15N5O2S. The van der Waals surface area contributed by atoms with E-state index in [1.54, 1.807) is 41.1 Å². The van der Waals surface area contributed by atoms with E-state index in [0.29, 0.717) is 17.5 Å². The second-order valence-electron chi connectivity index (χ2n) is 5.52. The second-order valence-corrected chi connectivity index (χ2v) is 6.61. The molecule has 25 heavy (non-hydrogen) atoms. The van der Waals surface area contributed by atoms with Crippen LogP contribution < -0.4 is 10.1 Å². The molecule has 7 nitrogen and oxygen atoms in total. The Morgan fingerprint density at radius 3 is 2.96 bits per heavy atom. The summed E-state index contributed by atoms with van der Waals surface area (Å²) >= 11 is 1.56. The van der Waals surface area contributed by atoms with Crippen molar-refractivity contribution in [1.82, 2.24) is 19.7 Å². The van der Waals surface area contributed by atoms with E-state index < -0.39 is 0 Å². The minimum atomic E-state index is -0.0255. The molecule has 1 aliphatic rings. The first kappa shape index (κ1) is 15.6. The van der Waals surface area contributed by atoms with Gasteiger partial charge in [0.2, 0.25) is 5.91 Å². The van der Waals surface area contributed by atoms with Crippen LogP contribution in [0.2, 0.25) is 0 Å². The number of carbonyl (C=O) groups excluding carboxylic acids is 1. The van der Waals surface area contributed by atoms with Gasteiger partial charge in [0.25, 0.3) is 0 Å². The molecule has 126 valence electrons. The molecule has 1 aromatic carbocycles. The standard InChI is InChI=1S/C17H15N5O2S/c1-22-16-13(9-20-22)15(25-10-14(23)21-16)11-4-2-5-12(8-11)24-17-18-6-3-7-19-17/h2-9,15H,10H2,1H3,(H,21,23). The predicted molar refractivity (Wildman–Crippen MR) is 94.7 cm³/mol. The molecule has 8 heteroatoms. The number of carbonyl (C=O) groups is 1. The van der Waals surface area contributed by atoms with Crippen LogP contribution >= 0.6 is 11.8 Å². The molecule has 4 rings (SSSR count). The molecule has 0 saturated heterocycles. The lowest BCUT2D eigenvalue weighted by Gasteiger charge is -2.15. The monoisotopic (exact) mass is 353 g/mol. The Kier molecular flexibility index (Phi) is 4.10. The van der Waals surface area contributed by atoms with Gasteiger partial charge in [0.15, 0.2) is 0 Å². The van der Waals surface area contributed by atoms with Crippen LogP contribution in [-0.2, 0) is 11.8 Å². The molecule has 3 aromatic rings. The van der Waals surface area contributed by atoms with Crippen molar-refractivity contribution < 1.29 is 9.53 Å². The van der Waals surface area contributed by atoms with E-state index in [9.17, 15) is 4.79 Å². The number of ether oxygens (including phenoxy) is 1. The summed E-state index contributed by atoms with van der Waals surface area (Å²) in [5, 5.41) is 7.18. The quantitative estimate of drug-likeness (QED) is 0.780. The van der Waals surface area contributed by atoms with Crippen molar-refractivity contribution in [1.29, 1.82) is 0 Å². The van der Waals surface area contributed by atoms with Crippen LogP contribution in [0.15, 0.2) is 48.9 Å². The number of aromatic nitrogens is 4. The smallest absolute Gasteiger partial charge is 0.321 e. The number of fused-ring (bicyclic) bond motifs is 1. The van der Waals surface area contributed by atoms with Gasteiger partial charge in [-0.25, -0.2) is 9.97 Å². The SMILES string of the molecule is Cn1ncc2c1NC(=O)CSC2c1cccc(Oc2ncccn2)c1. The summed E-state index contributed by atoms with van der Waals surface area (Å²) in [6.07, 6.45) is 5.06. The Morgan fingerprint density at radius 2 is 2.12 bits per heavy atom. The number of rotatable bonds is 3. The maximum atomic E-state index is 12.0. The number of amides is 1. The fourth-order valence-electron chi connectivity index (χ4n) is 2.68. The van der Waals surface area contributed by atoms with Gasteiger partial charge < -0.3 is 10.1 Å². The van der Waals surface area contributed by atoms with E-state index in [1.807, 2.05) is 31.3 Å². The number of anilines is 1. The summed E-state index contributed by atoms with van der Waals surface area (Å²) in [6.45, 7) is 0. The highest BCUT2D eigenvalue weighted by molar-refractivity contribution is 8.00. The number of nitrogens with zero attached hydrogens (tertiary/aromatic N) is 4. The van der Waals surface area contributed by atoms with Gasteiger partial charge >= 0.3 is 6.01 Å². The topological polar surface area (TPSA) is 81.9 Å². The first-order valence-corrected chi connectivity index (χ1v) is 8.74. The van der Waals surface area contributed by atoms with E-state index >= 15 is 0 Å². The van der Waals surface area contributed by atoms with Crippen LogP contribution in [0, 0.1) is 0 Å². The van der Waals surface area contributed by atoms with E-state index in [2.05, 4.69) is 20.4 Å².